The molecule has 30 heavy (non-hydrogen) atoms. The van der Waals surface area contributed by atoms with Crippen molar-refractivity contribution in [1.29, 1.82) is 0 Å². The summed E-state index contributed by atoms with van der Waals surface area (Å²) in [7, 11) is 0. The van der Waals surface area contributed by atoms with Crippen LogP contribution >= 0.6 is 34.8 Å². The molecule has 3 rings (SSSR count). The third-order valence-corrected chi connectivity index (χ3v) is 5.18. The zero-order valence-corrected chi connectivity index (χ0v) is 17.6. The van der Waals surface area contributed by atoms with Gasteiger partial charge in [0.1, 0.15) is 0 Å². The second-order valence-electron chi connectivity index (χ2n) is 6.51. The molecule has 156 valence electrons. The van der Waals surface area contributed by atoms with Crippen LogP contribution in [-0.2, 0) is 14.3 Å². The number of hydrogen-bond donors (Lipinski definition) is 1. The summed E-state index contributed by atoms with van der Waals surface area (Å²) in [6.07, 6.45) is -0.150. The Kier molecular flexibility index (Phi) is 6.97. The molecule has 0 unspecified atom stereocenters. The van der Waals surface area contributed by atoms with Gasteiger partial charge in [0.25, 0.3) is 5.91 Å². The van der Waals surface area contributed by atoms with Crippen molar-refractivity contribution in [2.45, 2.75) is 6.42 Å². The molecule has 0 spiro atoms. The number of Topliss-reactive ketones (excluding diaryl/α,β-unsaturated/α-hetero) is 1. The van der Waals surface area contributed by atoms with Crippen LogP contribution in [0.4, 0.5) is 0 Å². The number of halogens is 3. The number of benzene rings is 2. The third kappa shape index (κ3) is 5.30. The van der Waals surface area contributed by atoms with Crippen molar-refractivity contribution in [3.63, 3.8) is 0 Å². The zero-order chi connectivity index (χ0) is 21.8. The maximum absolute atomic E-state index is 12.3. The minimum atomic E-state index is -0.809. The number of ether oxygens (including phenoxy) is 1. The summed E-state index contributed by atoms with van der Waals surface area (Å²) in [5, 5.41) is 2.00. The Hall–Kier alpha value is -2.61. The number of nitrogens with zero attached hydrogens (tertiary/aromatic N) is 1. The van der Waals surface area contributed by atoms with Crippen molar-refractivity contribution < 1.29 is 23.9 Å². The Balaban J connectivity index is 1.54. The van der Waals surface area contributed by atoms with E-state index in [1.54, 1.807) is 12.1 Å². The van der Waals surface area contributed by atoms with Gasteiger partial charge < -0.3 is 4.74 Å². The Bertz CT molecular complexity index is 1010. The first-order chi connectivity index (χ1) is 14.2. The van der Waals surface area contributed by atoms with Gasteiger partial charge in [-0.2, -0.15) is 0 Å². The lowest BCUT2D eigenvalue weighted by Crippen LogP contribution is -2.43. The van der Waals surface area contributed by atoms with Crippen LogP contribution in [0.5, 0.6) is 0 Å². The van der Waals surface area contributed by atoms with E-state index in [1.807, 2.05) is 0 Å². The predicted molar refractivity (Wildman–Crippen MR) is 110 cm³/mol. The fourth-order valence-electron chi connectivity index (χ4n) is 2.80. The molecule has 1 aliphatic heterocycles. The van der Waals surface area contributed by atoms with Crippen LogP contribution in [0.2, 0.25) is 15.1 Å². The molecule has 1 N–H and O–H groups in total. The van der Waals surface area contributed by atoms with E-state index < -0.39 is 36.1 Å². The van der Waals surface area contributed by atoms with Crippen molar-refractivity contribution in [2.75, 3.05) is 13.2 Å². The molecule has 0 aromatic heterocycles. The normalized spacial score (nSPS) is 15.8. The highest BCUT2D eigenvalue weighted by Crippen LogP contribution is 2.22. The minimum absolute atomic E-state index is 0.0796. The quantitative estimate of drug-likeness (QED) is 0.516. The van der Waals surface area contributed by atoms with E-state index in [0.717, 1.165) is 5.01 Å². The maximum Gasteiger partial charge on any atom is 0.311 e. The molecule has 1 heterocycles. The monoisotopic (exact) mass is 468 g/mol. The standard InChI is InChI=1S/C20H15Cl3N2O5/c21-13-3-1-11(2-4-13)17(26)10-30-20(29)12-7-18(27)25(9-12)24-19(28)15-6-5-14(22)8-16(15)23/h1-6,8,12H,7,9-10H2,(H,24,28)/t12-/m1/s1. The van der Waals surface area contributed by atoms with Gasteiger partial charge in [0.15, 0.2) is 12.4 Å². The molecule has 2 aromatic rings. The van der Waals surface area contributed by atoms with Gasteiger partial charge in [0, 0.05) is 22.0 Å². The van der Waals surface area contributed by atoms with Crippen molar-refractivity contribution in [2.24, 2.45) is 5.92 Å². The number of carbonyl (C=O) groups is 4. The van der Waals surface area contributed by atoms with Crippen LogP contribution in [0.15, 0.2) is 42.5 Å². The summed E-state index contributed by atoms with van der Waals surface area (Å²) in [6, 6.07) is 10.5. The van der Waals surface area contributed by atoms with E-state index in [-0.39, 0.29) is 23.6 Å². The molecule has 10 heteroatoms. The van der Waals surface area contributed by atoms with E-state index >= 15 is 0 Å². The number of rotatable bonds is 6. The fourth-order valence-corrected chi connectivity index (χ4v) is 3.42. The lowest BCUT2D eigenvalue weighted by Gasteiger charge is -2.18. The second kappa shape index (κ2) is 9.47. The second-order valence-corrected chi connectivity index (χ2v) is 7.79. The predicted octanol–water partition coefficient (Wildman–Crippen LogP) is 3.57. The average molecular weight is 470 g/mol. The molecule has 1 atom stereocenters. The van der Waals surface area contributed by atoms with Crippen LogP contribution in [0.25, 0.3) is 0 Å². The fraction of sp³-hybridized carbons (Fsp3) is 0.200. The van der Waals surface area contributed by atoms with Crippen LogP contribution < -0.4 is 5.43 Å². The van der Waals surface area contributed by atoms with E-state index in [1.165, 1.54) is 30.3 Å². The number of nitrogens with one attached hydrogen (secondary N) is 1. The Morgan fingerprint density at radius 2 is 1.70 bits per heavy atom. The first-order valence-corrected chi connectivity index (χ1v) is 9.90. The van der Waals surface area contributed by atoms with E-state index in [4.69, 9.17) is 39.5 Å². The number of amides is 2. The number of hydrogen-bond acceptors (Lipinski definition) is 5. The number of esters is 1. The SMILES string of the molecule is O=C(COC(=O)[C@@H]1CC(=O)N(NC(=O)c2ccc(Cl)cc2Cl)C1)c1ccc(Cl)cc1. The highest BCUT2D eigenvalue weighted by Gasteiger charge is 2.37. The largest absolute Gasteiger partial charge is 0.457 e. The van der Waals surface area contributed by atoms with Gasteiger partial charge in [-0.15, -0.1) is 0 Å². The summed E-state index contributed by atoms with van der Waals surface area (Å²) in [5.41, 5.74) is 2.90. The smallest absolute Gasteiger partial charge is 0.311 e. The van der Waals surface area contributed by atoms with Crippen molar-refractivity contribution in [1.82, 2.24) is 10.4 Å². The average Bonchev–Trinajstić information content (AvgIpc) is 3.06. The number of ketones is 1. The summed E-state index contributed by atoms with van der Waals surface area (Å²) >= 11 is 17.6. The molecule has 0 radical (unpaired) electrons. The first kappa shape index (κ1) is 22.1. The van der Waals surface area contributed by atoms with Gasteiger partial charge in [0.05, 0.1) is 23.0 Å². The highest BCUT2D eigenvalue weighted by atomic mass is 35.5. The number of hydrazine groups is 1. The third-order valence-electron chi connectivity index (χ3n) is 4.38. The van der Waals surface area contributed by atoms with Crippen LogP contribution in [-0.4, -0.2) is 41.7 Å². The molecule has 1 fully saturated rings. The summed E-state index contributed by atoms with van der Waals surface area (Å²) in [5.74, 6) is -2.98. The molecular weight excluding hydrogens is 455 g/mol. The Morgan fingerprint density at radius 3 is 2.37 bits per heavy atom. The molecule has 0 aliphatic carbocycles. The molecule has 1 saturated heterocycles. The summed E-state index contributed by atoms with van der Waals surface area (Å²) in [6.45, 7) is -0.540. The van der Waals surface area contributed by atoms with Gasteiger partial charge in [-0.3, -0.25) is 29.6 Å². The van der Waals surface area contributed by atoms with Gasteiger partial charge in [0.2, 0.25) is 5.91 Å². The van der Waals surface area contributed by atoms with Crippen molar-refractivity contribution >= 4 is 58.4 Å². The topological polar surface area (TPSA) is 92.8 Å². The maximum atomic E-state index is 12.3. The molecule has 2 amide bonds. The first-order valence-electron chi connectivity index (χ1n) is 8.76. The minimum Gasteiger partial charge on any atom is -0.457 e. The zero-order valence-electron chi connectivity index (χ0n) is 15.4. The van der Waals surface area contributed by atoms with Crippen molar-refractivity contribution in [3.8, 4) is 0 Å². The molecule has 2 aromatic carbocycles. The van der Waals surface area contributed by atoms with Crippen LogP contribution in [0.3, 0.4) is 0 Å². The van der Waals surface area contributed by atoms with E-state index in [9.17, 15) is 19.2 Å². The summed E-state index contributed by atoms with van der Waals surface area (Å²) < 4.78 is 5.04. The molecule has 0 bridgehead atoms. The molecular formula is C20H15Cl3N2O5. The summed E-state index contributed by atoms with van der Waals surface area (Å²) in [4.78, 5) is 48.8. The van der Waals surface area contributed by atoms with Gasteiger partial charge in [-0.1, -0.05) is 34.8 Å². The van der Waals surface area contributed by atoms with Gasteiger partial charge in [-0.05, 0) is 42.5 Å². The van der Waals surface area contributed by atoms with Crippen LogP contribution in [0.1, 0.15) is 27.1 Å². The van der Waals surface area contributed by atoms with Gasteiger partial charge >= 0.3 is 5.97 Å². The van der Waals surface area contributed by atoms with Crippen LogP contribution in [0, 0.1) is 5.92 Å². The molecule has 0 saturated carbocycles. The van der Waals surface area contributed by atoms with Gasteiger partial charge in [-0.25, -0.2) is 0 Å². The van der Waals surface area contributed by atoms with E-state index in [2.05, 4.69) is 5.43 Å². The number of carbonyl (C=O) groups excluding carboxylic acids is 4. The lowest BCUT2D eigenvalue weighted by molar-refractivity contribution is -0.147. The Morgan fingerprint density at radius 1 is 1.03 bits per heavy atom. The van der Waals surface area contributed by atoms with E-state index in [0.29, 0.717) is 15.6 Å². The molecule has 1 aliphatic rings. The highest BCUT2D eigenvalue weighted by molar-refractivity contribution is 6.36. The molecule has 7 nitrogen and oxygen atoms in total. The Labute approximate surface area is 186 Å². The van der Waals surface area contributed by atoms with Crippen molar-refractivity contribution in [3.05, 3.63) is 68.7 Å². The lowest BCUT2D eigenvalue weighted by atomic mass is 10.1.